The Labute approximate surface area is 117 Å². The van der Waals surface area contributed by atoms with E-state index in [1.807, 2.05) is 11.7 Å². The van der Waals surface area contributed by atoms with Gasteiger partial charge in [0.1, 0.15) is 0 Å². The van der Waals surface area contributed by atoms with Gasteiger partial charge in [-0.2, -0.15) is 16.4 Å². The molecule has 1 N–H and O–H groups in total. The van der Waals surface area contributed by atoms with Gasteiger partial charge in [0.15, 0.2) is 0 Å². The van der Waals surface area contributed by atoms with E-state index in [4.69, 9.17) is 11.6 Å². The first-order valence-electron chi connectivity index (χ1n) is 6.15. The van der Waals surface area contributed by atoms with Crippen molar-refractivity contribution in [2.45, 2.75) is 32.4 Å². The first-order chi connectivity index (χ1) is 8.76. The van der Waals surface area contributed by atoms with E-state index in [0.717, 1.165) is 30.1 Å². The normalized spacial score (nSPS) is 12.8. The van der Waals surface area contributed by atoms with Crippen molar-refractivity contribution in [3.63, 3.8) is 0 Å². The summed E-state index contributed by atoms with van der Waals surface area (Å²) in [5.74, 6) is 0. The van der Waals surface area contributed by atoms with Crippen molar-refractivity contribution in [1.82, 2.24) is 15.1 Å². The van der Waals surface area contributed by atoms with Crippen LogP contribution in [0.1, 0.15) is 30.6 Å². The molecule has 0 saturated carbocycles. The molecule has 0 amide bonds. The molecule has 0 aromatic carbocycles. The number of nitrogens with zero attached hydrogens (tertiary/aromatic N) is 2. The number of aryl methyl sites for hydroxylation is 1. The molecule has 0 aliphatic heterocycles. The molecule has 2 rings (SSSR count). The zero-order valence-corrected chi connectivity index (χ0v) is 12.3. The summed E-state index contributed by atoms with van der Waals surface area (Å²) in [7, 11) is 1.97. The molecule has 2 aromatic heterocycles. The molecular weight excluding hydrogens is 266 g/mol. The van der Waals surface area contributed by atoms with Crippen LogP contribution in [0.2, 0.25) is 5.02 Å². The molecule has 5 heteroatoms. The third-order valence-electron chi connectivity index (χ3n) is 2.97. The van der Waals surface area contributed by atoms with Crippen molar-refractivity contribution in [3.05, 3.63) is 39.3 Å². The molecule has 0 aliphatic rings. The van der Waals surface area contributed by atoms with Crippen LogP contribution < -0.4 is 5.32 Å². The fourth-order valence-electron chi connectivity index (χ4n) is 2.09. The van der Waals surface area contributed by atoms with E-state index in [1.165, 1.54) is 5.56 Å². The molecule has 1 atom stereocenters. The molecule has 0 spiro atoms. The summed E-state index contributed by atoms with van der Waals surface area (Å²) in [5.41, 5.74) is 2.42. The Bertz CT molecular complexity index is 478. The highest BCUT2D eigenvalue weighted by atomic mass is 35.5. The maximum Gasteiger partial charge on any atom is 0.0834 e. The minimum atomic E-state index is 0.209. The second-order valence-electron chi connectivity index (χ2n) is 4.28. The summed E-state index contributed by atoms with van der Waals surface area (Å²) in [6.45, 7) is 3.05. The van der Waals surface area contributed by atoms with E-state index < -0.39 is 0 Å². The van der Waals surface area contributed by atoms with Crippen molar-refractivity contribution in [2.75, 3.05) is 7.05 Å². The summed E-state index contributed by atoms with van der Waals surface area (Å²) in [5, 5.41) is 12.7. The lowest BCUT2D eigenvalue weighted by molar-refractivity contribution is 0.497. The van der Waals surface area contributed by atoms with E-state index in [9.17, 15) is 0 Å². The standard InChI is InChI=1S/C13H18ClN3S/c1-3-5-17-13(11(14)8-16-17)12(15-2)7-10-4-6-18-9-10/h4,6,8-9,12,15H,3,5,7H2,1-2H3. The summed E-state index contributed by atoms with van der Waals surface area (Å²) in [6.07, 6.45) is 3.74. The lowest BCUT2D eigenvalue weighted by Crippen LogP contribution is -2.22. The molecule has 2 heterocycles. The van der Waals surface area contributed by atoms with Gasteiger partial charge in [-0.3, -0.25) is 4.68 Å². The second kappa shape index (κ2) is 6.36. The lowest BCUT2D eigenvalue weighted by Gasteiger charge is -2.18. The summed E-state index contributed by atoms with van der Waals surface area (Å²) < 4.78 is 2.01. The Morgan fingerprint density at radius 3 is 3.00 bits per heavy atom. The van der Waals surface area contributed by atoms with Gasteiger partial charge in [-0.25, -0.2) is 0 Å². The number of halogens is 1. The lowest BCUT2D eigenvalue weighted by atomic mass is 10.1. The quantitative estimate of drug-likeness (QED) is 0.879. The summed E-state index contributed by atoms with van der Waals surface area (Å²) >= 11 is 8.00. The number of aromatic nitrogens is 2. The van der Waals surface area contributed by atoms with Gasteiger partial charge in [0.25, 0.3) is 0 Å². The molecular formula is C13H18ClN3S. The van der Waals surface area contributed by atoms with Crippen LogP contribution in [0.25, 0.3) is 0 Å². The smallest absolute Gasteiger partial charge is 0.0834 e. The molecule has 0 bridgehead atoms. The van der Waals surface area contributed by atoms with E-state index in [2.05, 4.69) is 34.2 Å². The van der Waals surface area contributed by atoms with Gasteiger partial charge in [-0.1, -0.05) is 18.5 Å². The van der Waals surface area contributed by atoms with Gasteiger partial charge in [0.05, 0.1) is 23.0 Å². The van der Waals surface area contributed by atoms with Crippen LogP contribution in [0.15, 0.2) is 23.0 Å². The van der Waals surface area contributed by atoms with Crippen molar-refractivity contribution in [1.29, 1.82) is 0 Å². The molecule has 3 nitrogen and oxygen atoms in total. The average Bonchev–Trinajstić information content (AvgIpc) is 2.98. The fourth-order valence-corrected chi connectivity index (χ4v) is 3.04. The zero-order chi connectivity index (χ0) is 13.0. The van der Waals surface area contributed by atoms with Gasteiger partial charge >= 0.3 is 0 Å². The van der Waals surface area contributed by atoms with Gasteiger partial charge in [-0.05, 0) is 42.3 Å². The molecule has 18 heavy (non-hydrogen) atoms. The number of hydrogen-bond acceptors (Lipinski definition) is 3. The highest BCUT2D eigenvalue weighted by Crippen LogP contribution is 2.26. The third kappa shape index (κ3) is 2.94. The highest BCUT2D eigenvalue weighted by molar-refractivity contribution is 7.07. The van der Waals surface area contributed by atoms with E-state index in [1.54, 1.807) is 17.5 Å². The summed E-state index contributed by atoms with van der Waals surface area (Å²) in [6, 6.07) is 2.37. The van der Waals surface area contributed by atoms with Crippen LogP contribution in [0.3, 0.4) is 0 Å². The SMILES string of the molecule is CCCn1ncc(Cl)c1C(Cc1ccsc1)NC. The fraction of sp³-hybridized carbons (Fsp3) is 0.462. The molecule has 0 radical (unpaired) electrons. The van der Waals surface area contributed by atoms with Crippen molar-refractivity contribution in [2.24, 2.45) is 0 Å². The van der Waals surface area contributed by atoms with Crippen LogP contribution in [-0.4, -0.2) is 16.8 Å². The van der Waals surface area contributed by atoms with Gasteiger partial charge < -0.3 is 5.32 Å². The van der Waals surface area contributed by atoms with Gasteiger partial charge in [0, 0.05) is 6.54 Å². The van der Waals surface area contributed by atoms with E-state index in [-0.39, 0.29) is 6.04 Å². The number of rotatable bonds is 6. The molecule has 1 unspecified atom stereocenters. The van der Waals surface area contributed by atoms with Crippen LogP contribution in [0.5, 0.6) is 0 Å². The molecule has 2 aromatic rings. The second-order valence-corrected chi connectivity index (χ2v) is 5.47. The third-order valence-corrected chi connectivity index (χ3v) is 3.99. The number of likely N-dealkylation sites (N-methyl/N-ethyl adjacent to an activating group) is 1. The van der Waals surface area contributed by atoms with Gasteiger partial charge in [-0.15, -0.1) is 0 Å². The topological polar surface area (TPSA) is 29.9 Å². The van der Waals surface area contributed by atoms with Crippen molar-refractivity contribution >= 4 is 22.9 Å². The zero-order valence-electron chi connectivity index (χ0n) is 10.7. The first-order valence-corrected chi connectivity index (χ1v) is 7.47. The maximum atomic E-state index is 6.27. The van der Waals surface area contributed by atoms with E-state index in [0.29, 0.717) is 0 Å². The monoisotopic (exact) mass is 283 g/mol. The molecule has 0 fully saturated rings. The highest BCUT2D eigenvalue weighted by Gasteiger charge is 2.19. The van der Waals surface area contributed by atoms with Crippen molar-refractivity contribution < 1.29 is 0 Å². The predicted octanol–water partition coefficient (Wildman–Crippen LogP) is 3.51. The van der Waals surface area contributed by atoms with Crippen LogP contribution >= 0.6 is 22.9 Å². The Balaban J connectivity index is 2.23. The number of nitrogens with one attached hydrogen (secondary N) is 1. The van der Waals surface area contributed by atoms with Gasteiger partial charge in [0.2, 0.25) is 0 Å². The van der Waals surface area contributed by atoms with Crippen molar-refractivity contribution in [3.8, 4) is 0 Å². The minimum absolute atomic E-state index is 0.209. The number of thiophene rings is 1. The average molecular weight is 284 g/mol. The van der Waals surface area contributed by atoms with E-state index >= 15 is 0 Å². The Hall–Kier alpha value is -0.840. The largest absolute Gasteiger partial charge is 0.311 e. The van der Waals surface area contributed by atoms with Crippen LogP contribution in [0, 0.1) is 0 Å². The predicted molar refractivity (Wildman–Crippen MR) is 77.4 cm³/mol. The van der Waals surface area contributed by atoms with Crippen LogP contribution in [0.4, 0.5) is 0 Å². The molecule has 98 valence electrons. The molecule has 0 aliphatic carbocycles. The Morgan fingerprint density at radius 1 is 1.56 bits per heavy atom. The summed E-state index contributed by atoms with van der Waals surface area (Å²) in [4.78, 5) is 0. The maximum absolute atomic E-state index is 6.27. The first kappa shape index (κ1) is 13.6. The Morgan fingerprint density at radius 2 is 2.39 bits per heavy atom. The van der Waals surface area contributed by atoms with Crippen LogP contribution in [-0.2, 0) is 13.0 Å². The number of hydrogen-bond donors (Lipinski definition) is 1. The Kier molecular flexibility index (Phi) is 4.80. The minimum Gasteiger partial charge on any atom is -0.311 e. The molecule has 0 saturated heterocycles.